The lowest BCUT2D eigenvalue weighted by atomic mass is 10.1. The van der Waals surface area contributed by atoms with Gasteiger partial charge in [0.2, 0.25) is 0 Å². The van der Waals surface area contributed by atoms with Gasteiger partial charge in [-0.15, -0.1) is 0 Å². The molecule has 0 aromatic heterocycles. The number of aliphatic carboxylic acids is 1. The first-order valence-corrected chi connectivity index (χ1v) is 5.14. The lowest BCUT2D eigenvalue weighted by Gasteiger charge is -2.13. The zero-order valence-corrected chi connectivity index (χ0v) is 10.5. The summed E-state index contributed by atoms with van der Waals surface area (Å²) >= 11 is 3.26. The van der Waals surface area contributed by atoms with Crippen molar-refractivity contribution in [2.45, 2.75) is 0 Å². The highest BCUT2D eigenvalue weighted by molar-refractivity contribution is 9.10. The van der Waals surface area contributed by atoms with Crippen LogP contribution in [0.4, 0.5) is 0 Å². The molecule has 5 heteroatoms. The highest BCUT2D eigenvalue weighted by Crippen LogP contribution is 2.37. The Hall–Kier alpha value is -1.49. The Kier molecular flexibility index (Phi) is 3.95. The molecule has 0 bridgehead atoms. The molecule has 0 aliphatic heterocycles. The molecule has 0 spiro atoms. The monoisotopic (exact) mass is 286 g/mol. The molecular weight excluding hydrogens is 276 g/mol. The molecule has 16 heavy (non-hydrogen) atoms. The third kappa shape index (κ3) is 2.36. The number of ether oxygens (including phenoxy) is 2. The molecule has 0 saturated heterocycles. The summed E-state index contributed by atoms with van der Waals surface area (Å²) < 4.78 is 10.9. The predicted octanol–water partition coefficient (Wildman–Crippen LogP) is 2.56. The zero-order chi connectivity index (χ0) is 12.3. The van der Waals surface area contributed by atoms with Crippen LogP contribution in [0.2, 0.25) is 0 Å². The van der Waals surface area contributed by atoms with E-state index in [0.29, 0.717) is 21.5 Å². The maximum atomic E-state index is 10.9. The van der Waals surface area contributed by atoms with Crippen molar-refractivity contribution in [3.05, 3.63) is 28.7 Å². The van der Waals surface area contributed by atoms with E-state index in [9.17, 15) is 4.79 Å². The Morgan fingerprint density at radius 2 is 2.00 bits per heavy atom. The third-order valence-corrected chi connectivity index (χ3v) is 2.48. The minimum absolute atomic E-state index is 0.0450. The average molecular weight is 287 g/mol. The van der Waals surface area contributed by atoms with Crippen LogP contribution in [-0.4, -0.2) is 25.3 Å². The fourth-order valence-electron chi connectivity index (χ4n) is 1.27. The minimum atomic E-state index is -1.10. The van der Waals surface area contributed by atoms with Gasteiger partial charge in [-0.3, -0.25) is 0 Å². The Morgan fingerprint density at radius 1 is 1.38 bits per heavy atom. The lowest BCUT2D eigenvalue weighted by Crippen LogP contribution is -2.02. The summed E-state index contributed by atoms with van der Waals surface area (Å²) in [6.07, 6.45) is 0. The van der Waals surface area contributed by atoms with E-state index in [1.807, 2.05) is 0 Å². The van der Waals surface area contributed by atoms with Crippen LogP contribution in [0.1, 0.15) is 5.56 Å². The van der Waals surface area contributed by atoms with Crippen LogP contribution in [0.3, 0.4) is 0 Å². The molecular formula is C11H11BrO4. The van der Waals surface area contributed by atoms with Gasteiger partial charge in [0, 0.05) is 10.0 Å². The molecule has 0 fully saturated rings. The number of carbonyl (C=O) groups is 1. The van der Waals surface area contributed by atoms with E-state index in [4.69, 9.17) is 14.6 Å². The van der Waals surface area contributed by atoms with Crippen molar-refractivity contribution in [2.75, 3.05) is 14.2 Å². The summed E-state index contributed by atoms with van der Waals surface area (Å²) in [5.41, 5.74) is 0.345. The van der Waals surface area contributed by atoms with Crippen LogP contribution in [0.15, 0.2) is 23.2 Å². The van der Waals surface area contributed by atoms with Gasteiger partial charge >= 0.3 is 5.97 Å². The SMILES string of the molecule is C=C(C(=O)O)c1cc(Br)cc(OC)c1OC. The van der Waals surface area contributed by atoms with Gasteiger partial charge in [0.05, 0.1) is 19.8 Å². The molecule has 0 amide bonds. The predicted molar refractivity (Wildman–Crippen MR) is 63.9 cm³/mol. The molecule has 4 nitrogen and oxygen atoms in total. The van der Waals surface area contributed by atoms with Gasteiger partial charge in [-0.1, -0.05) is 22.5 Å². The van der Waals surface area contributed by atoms with Crippen LogP contribution in [0, 0.1) is 0 Å². The van der Waals surface area contributed by atoms with Gasteiger partial charge in [-0.2, -0.15) is 0 Å². The molecule has 1 aromatic rings. The van der Waals surface area contributed by atoms with Crippen LogP contribution in [-0.2, 0) is 4.79 Å². The molecule has 1 N–H and O–H groups in total. The Bertz CT molecular complexity index is 440. The summed E-state index contributed by atoms with van der Waals surface area (Å²) in [5.74, 6) is -0.286. The maximum Gasteiger partial charge on any atom is 0.335 e. The number of hydrogen-bond donors (Lipinski definition) is 1. The van der Waals surface area contributed by atoms with Gasteiger partial charge in [0.25, 0.3) is 0 Å². The number of carboxylic acid groups (broad SMARTS) is 1. The number of carboxylic acids is 1. The van der Waals surface area contributed by atoms with Gasteiger partial charge < -0.3 is 14.6 Å². The van der Waals surface area contributed by atoms with Crippen LogP contribution < -0.4 is 9.47 Å². The first-order valence-electron chi connectivity index (χ1n) is 4.35. The first kappa shape index (κ1) is 12.6. The molecule has 1 aromatic carbocycles. The highest BCUT2D eigenvalue weighted by atomic mass is 79.9. The van der Waals surface area contributed by atoms with E-state index in [1.165, 1.54) is 14.2 Å². The number of halogens is 1. The number of hydrogen-bond acceptors (Lipinski definition) is 3. The van der Waals surface area contributed by atoms with Crippen LogP contribution in [0.5, 0.6) is 11.5 Å². The van der Waals surface area contributed by atoms with E-state index in [1.54, 1.807) is 12.1 Å². The second-order valence-electron chi connectivity index (χ2n) is 2.97. The molecule has 0 atom stereocenters. The Morgan fingerprint density at radius 3 is 2.44 bits per heavy atom. The number of methoxy groups -OCH3 is 2. The normalized spacial score (nSPS) is 9.69. The molecule has 86 valence electrons. The fourth-order valence-corrected chi connectivity index (χ4v) is 1.71. The third-order valence-electron chi connectivity index (χ3n) is 2.03. The van der Waals surface area contributed by atoms with E-state index in [2.05, 4.69) is 22.5 Å². The van der Waals surface area contributed by atoms with Crippen molar-refractivity contribution in [3.63, 3.8) is 0 Å². The standard InChI is InChI=1S/C11H11BrO4/c1-6(11(13)14)8-4-7(12)5-9(15-2)10(8)16-3/h4-5H,1H2,2-3H3,(H,13,14). The molecule has 1 rings (SSSR count). The smallest absolute Gasteiger partial charge is 0.335 e. The van der Waals surface area contributed by atoms with Crippen molar-refractivity contribution < 1.29 is 19.4 Å². The highest BCUT2D eigenvalue weighted by Gasteiger charge is 2.17. The molecule has 0 aliphatic carbocycles. The van der Waals surface area contributed by atoms with Crippen molar-refractivity contribution in [1.29, 1.82) is 0 Å². The number of benzene rings is 1. The summed E-state index contributed by atoms with van der Waals surface area (Å²) in [7, 11) is 2.93. The Balaban J connectivity index is 3.42. The zero-order valence-electron chi connectivity index (χ0n) is 8.91. The first-order chi connectivity index (χ1) is 7.51. The molecule has 0 radical (unpaired) electrons. The quantitative estimate of drug-likeness (QED) is 0.865. The van der Waals surface area contributed by atoms with E-state index >= 15 is 0 Å². The van der Waals surface area contributed by atoms with Crippen LogP contribution >= 0.6 is 15.9 Å². The maximum absolute atomic E-state index is 10.9. The van der Waals surface area contributed by atoms with Crippen molar-refractivity contribution >= 4 is 27.5 Å². The Labute approximate surface area is 102 Å². The molecule has 0 heterocycles. The van der Waals surface area contributed by atoms with Crippen molar-refractivity contribution in [3.8, 4) is 11.5 Å². The molecule has 0 aliphatic rings. The topological polar surface area (TPSA) is 55.8 Å². The summed E-state index contributed by atoms with van der Waals surface area (Å²) in [4.78, 5) is 10.9. The second-order valence-corrected chi connectivity index (χ2v) is 3.89. The molecule has 0 unspecified atom stereocenters. The van der Waals surface area contributed by atoms with Gasteiger partial charge in [-0.25, -0.2) is 4.79 Å². The van der Waals surface area contributed by atoms with E-state index in [0.717, 1.165) is 0 Å². The van der Waals surface area contributed by atoms with Gasteiger partial charge in [0.1, 0.15) is 0 Å². The number of rotatable bonds is 4. The lowest BCUT2D eigenvalue weighted by molar-refractivity contribution is -0.130. The summed E-state index contributed by atoms with van der Waals surface area (Å²) in [5, 5.41) is 8.90. The largest absolute Gasteiger partial charge is 0.493 e. The van der Waals surface area contributed by atoms with Gasteiger partial charge in [0.15, 0.2) is 11.5 Å². The average Bonchev–Trinajstić information content (AvgIpc) is 2.26. The fraction of sp³-hybridized carbons (Fsp3) is 0.182. The summed E-state index contributed by atoms with van der Waals surface area (Å²) in [6, 6.07) is 3.31. The molecule has 0 saturated carbocycles. The minimum Gasteiger partial charge on any atom is -0.493 e. The summed E-state index contributed by atoms with van der Waals surface area (Å²) in [6.45, 7) is 3.49. The van der Waals surface area contributed by atoms with Crippen molar-refractivity contribution in [2.24, 2.45) is 0 Å². The van der Waals surface area contributed by atoms with Crippen molar-refractivity contribution in [1.82, 2.24) is 0 Å². The van der Waals surface area contributed by atoms with Crippen LogP contribution in [0.25, 0.3) is 5.57 Å². The van der Waals surface area contributed by atoms with E-state index < -0.39 is 5.97 Å². The van der Waals surface area contributed by atoms with E-state index in [-0.39, 0.29) is 5.57 Å². The second kappa shape index (κ2) is 5.03. The van der Waals surface area contributed by atoms with Gasteiger partial charge in [-0.05, 0) is 12.1 Å².